The normalized spacial score (nSPS) is 13.5. The van der Waals surface area contributed by atoms with Crippen molar-refractivity contribution in [2.24, 2.45) is 0 Å². The van der Waals surface area contributed by atoms with Crippen LogP contribution in [-0.2, 0) is 6.61 Å². The Kier molecular flexibility index (Phi) is 5.77. The fourth-order valence-corrected chi connectivity index (χ4v) is 3.74. The second kappa shape index (κ2) is 8.63. The second-order valence-electron chi connectivity index (χ2n) is 6.93. The zero-order valence-electron chi connectivity index (χ0n) is 15.9. The highest BCUT2D eigenvalue weighted by Crippen LogP contribution is 2.43. The van der Waals surface area contributed by atoms with Crippen molar-refractivity contribution >= 4 is 28.7 Å². The number of halogens is 2. The van der Waals surface area contributed by atoms with Crippen LogP contribution in [0.4, 0.5) is 4.39 Å². The van der Waals surface area contributed by atoms with Crippen LogP contribution in [0.5, 0.6) is 5.75 Å². The van der Waals surface area contributed by atoms with E-state index in [0.717, 1.165) is 36.0 Å². The Morgan fingerprint density at radius 1 is 1.13 bits per heavy atom. The van der Waals surface area contributed by atoms with E-state index in [0.29, 0.717) is 22.0 Å². The van der Waals surface area contributed by atoms with E-state index in [1.165, 1.54) is 12.3 Å². The van der Waals surface area contributed by atoms with Crippen LogP contribution in [-0.4, -0.2) is 21.0 Å². The molecule has 1 aliphatic carbocycles. The third-order valence-corrected chi connectivity index (χ3v) is 5.22. The minimum atomic E-state index is -1.12. The first-order chi connectivity index (χ1) is 14.5. The number of aromatic carboxylic acids is 1. The van der Waals surface area contributed by atoms with Gasteiger partial charge < -0.3 is 9.84 Å². The Morgan fingerprint density at radius 3 is 2.73 bits per heavy atom. The first-order valence-electron chi connectivity index (χ1n) is 9.47. The fraction of sp³-hybridized carbons (Fsp3) is 0.174. The highest BCUT2D eigenvalue weighted by Gasteiger charge is 2.23. The number of carboxylic acid groups (broad SMARTS) is 1. The first kappa shape index (κ1) is 20.0. The summed E-state index contributed by atoms with van der Waals surface area (Å²) in [5.74, 6) is -0.866. The average molecular weight is 425 g/mol. The molecule has 0 fully saturated rings. The average Bonchev–Trinajstić information content (AvgIpc) is 3.24. The van der Waals surface area contributed by atoms with Crippen LogP contribution in [0.2, 0.25) is 5.02 Å². The standard InChI is InChI=1S/C23H18ClFN2O3/c24-15-8-9-22(30-13-14-4-1-2-7-19(14)25)18(10-15)16-5-3-6-17(16)20-11-26-12-21(27-20)23(28)29/h1-2,4,7-12H,3,5-6,13H2,(H,28,29). The number of carbonyl (C=O) groups is 1. The molecule has 4 rings (SSSR count). The van der Waals surface area contributed by atoms with Crippen LogP contribution < -0.4 is 4.74 Å². The molecule has 152 valence electrons. The summed E-state index contributed by atoms with van der Waals surface area (Å²) >= 11 is 6.25. The molecule has 5 nitrogen and oxygen atoms in total. The molecular weight excluding hydrogens is 407 g/mol. The zero-order chi connectivity index (χ0) is 21.1. The minimum absolute atomic E-state index is 0.0816. The van der Waals surface area contributed by atoms with Crippen molar-refractivity contribution in [2.75, 3.05) is 0 Å². The van der Waals surface area contributed by atoms with Gasteiger partial charge in [0.05, 0.1) is 18.1 Å². The van der Waals surface area contributed by atoms with Crippen molar-refractivity contribution in [3.8, 4) is 5.75 Å². The maximum Gasteiger partial charge on any atom is 0.356 e. The van der Waals surface area contributed by atoms with Gasteiger partial charge in [0, 0.05) is 16.1 Å². The summed E-state index contributed by atoms with van der Waals surface area (Å²) in [6.07, 6.45) is 5.20. The summed E-state index contributed by atoms with van der Waals surface area (Å²) in [5.41, 5.74) is 3.59. The van der Waals surface area contributed by atoms with Gasteiger partial charge in [0.2, 0.25) is 0 Å². The third-order valence-electron chi connectivity index (χ3n) is 4.99. The molecule has 3 aromatic rings. The van der Waals surface area contributed by atoms with Crippen LogP contribution >= 0.6 is 11.6 Å². The van der Waals surface area contributed by atoms with E-state index in [-0.39, 0.29) is 18.1 Å². The number of hydrogen-bond donors (Lipinski definition) is 1. The summed E-state index contributed by atoms with van der Waals surface area (Å²) in [7, 11) is 0. The summed E-state index contributed by atoms with van der Waals surface area (Å²) in [6, 6.07) is 11.8. The molecule has 1 aliphatic rings. The number of allylic oxidation sites excluding steroid dienone is 2. The van der Waals surface area contributed by atoms with E-state index in [2.05, 4.69) is 9.97 Å². The molecule has 2 aromatic carbocycles. The van der Waals surface area contributed by atoms with Gasteiger partial charge in [-0.15, -0.1) is 0 Å². The van der Waals surface area contributed by atoms with Crippen LogP contribution in [0.25, 0.3) is 11.1 Å². The summed E-state index contributed by atoms with van der Waals surface area (Å²) in [6.45, 7) is 0.0816. The molecule has 7 heteroatoms. The van der Waals surface area contributed by atoms with Gasteiger partial charge in [-0.05, 0) is 54.7 Å². The molecule has 0 saturated carbocycles. The summed E-state index contributed by atoms with van der Waals surface area (Å²) in [5, 5.41) is 9.78. The van der Waals surface area contributed by atoms with Crippen molar-refractivity contribution in [2.45, 2.75) is 25.9 Å². The topological polar surface area (TPSA) is 72.3 Å². The van der Waals surface area contributed by atoms with Gasteiger partial charge in [-0.3, -0.25) is 4.98 Å². The number of nitrogens with zero attached hydrogens (tertiary/aromatic N) is 2. The molecule has 0 amide bonds. The predicted octanol–water partition coefficient (Wildman–Crippen LogP) is 5.64. The molecule has 0 spiro atoms. The molecule has 0 bridgehead atoms. The van der Waals surface area contributed by atoms with Gasteiger partial charge in [0.15, 0.2) is 5.69 Å². The van der Waals surface area contributed by atoms with E-state index in [4.69, 9.17) is 16.3 Å². The molecule has 1 N–H and O–H groups in total. The number of rotatable bonds is 6. The second-order valence-corrected chi connectivity index (χ2v) is 7.36. The maximum absolute atomic E-state index is 14.0. The Bertz CT molecular complexity index is 1150. The summed E-state index contributed by atoms with van der Waals surface area (Å²) < 4.78 is 19.9. The smallest absolute Gasteiger partial charge is 0.356 e. The lowest BCUT2D eigenvalue weighted by Gasteiger charge is -2.15. The number of ether oxygens (including phenoxy) is 1. The zero-order valence-corrected chi connectivity index (χ0v) is 16.7. The predicted molar refractivity (Wildman–Crippen MR) is 112 cm³/mol. The lowest BCUT2D eigenvalue weighted by Crippen LogP contribution is -2.04. The molecule has 0 atom stereocenters. The molecule has 0 unspecified atom stereocenters. The van der Waals surface area contributed by atoms with Crippen molar-refractivity contribution in [1.82, 2.24) is 9.97 Å². The molecule has 1 heterocycles. The number of hydrogen-bond acceptors (Lipinski definition) is 4. The Balaban J connectivity index is 1.72. The van der Waals surface area contributed by atoms with Gasteiger partial charge in [0.25, 0.3) is 0 Å². The lowest BCUT2D eigenvalue weighted by atomic mass is 9.99. The monoisotopic (exact) mass is 424 g/mol. The maximum atomic E-state index is 14.0. The van der Waals surface area contributed by atoms with Crippen molar-refractivity contribution in [1.29, 1.82) is 0 Å². The van der Waals surface area contributed by atoms with Gasteiger partial charge in [-0.2, -0.15) is 0 Å². The van der Waals surface area contributed by atoms with Crippen molar-refractivity contribution in [3.63, 3.8) is 0 Å². The minimum Gasteiger partial charge on any atom is -0.488 e. The van der Waals surface area contributed by atoms with Crippen LogP contribution in [0.15, 0.2) is 54.9 Å². The third kappa shape index (κ3) is 4.19. The summed E-state index contributed by atoms with van der Waals surface area (Å²) in [4.78, 5) is 19.6. The number of carboxylic acids is 1. The molecular formula is C23H18ClFN2O3. The van der Waals surface area contributed by atoms with Gasteiger partial charge in [-0.25, -0.2) is 14.2 Å². The van der Waals surface area contributed by atoms with E-state index >= 15 is 0 Å². The van der Waals surface area contributed by atoms with Gasteiger partial charge in [-0.1, -0.05) is 29.8 Å². The Hall–Kier alpha value is -3.25. The highest BCUT2D eigenvalue weighted by molar-refractivity contribution is 6.30. The number of aromatic nitrogens is 2. The largest absolute Gasteiger partial charge is 0.488 e. The van der Waals surface area contributed by atoms with E-state index in [9.17, 15) is 14.3 Å². The molecule has 0 saturated heterocycles. The van der Waals surface area contributed by atoms with E-state index in [1.807, 2.05) is 6.07 Å². The quantitative estimate of drug-likeness (QED) is 0.554. The Morgan fingerprint density at radius 2 is 1.93 bits per heavy atom. The molecule has 0 radical (unpaired) electrons. The first-order valence-corrected chi connectivity index (χ1v) is 9.84. The fourth-order valence-electron chi connectivity index (χ4n) is 3.57. The molecule has 0 aliphatic heterocycles. The molecule has 30 heavy (non-hydrogen) atoms. The van der Waals surface area contributed by atoms with Gasteiger partial charge >= 0.3 is 5.97 Å². The van der Waals surface area contributed by atoms with E-state index in [1.54, 1.807) is 36.5 Å². The van der Waals surface area contributed by atoms with Gasteiger partial charge in [0.1, 0.15) is 18.2 Å². The van der Waals surface area contributed by atoms with Crippen molar-refractivity contribution in [3.05, 3.63) is 88.2 Å². The van der Waals surface area contributed by atoms with Crippen LogP contribution in [0, 0.1) is 5.82 Å². The Labute approximate surface area is 177 Å². The SMILES string of the molecule is O=C(O)c1cncc(C2=C(c3cc(Cl)ccc3OCc3ccccc3F)CCC2)n1. The number of benzene rings is 2. The van der Waals surface area contributed by atoms with Crippen LogP contribution in [0.3, 0.4) is 0 Å². The molecule has 1 aromatic heterocycles. The highest BCUT2D eigenvalue weighted by atomic mass is 35.5. The van der Waals surface area contributed by atoms with E-state index < -0.39 is 5.97 Å². The van der Waals surface area contributed by atoms with Crippen LogP contribution in [0.1, 0.15) is 46.6 Å². The lowest BCUT2D eigenvalue weighted by molar-refractivity contribution is 0.0690. The van der Waals surface area contributed by atoms with Crippen molar-refractivity contribution < 1.29 is 19.0 Å².